The van der Waals surface area contributed by atoms with Crippen LogP contribution in [0.25, 0.3) is 21.5 Å². The molecule has 0 aliphatic heterocycles. The number of nitrogens with zero attached hydrogens (tertiary/aromatic N) is 1. The van der Waals surface area contributed by atoms with Crippen LogP contribution in [0.3, 0.4) is 0 Å². The summed E-state index contributed by atoms with van der Waals surface area (Å²) in [5.74, 6) is 0.174. The molecule has 0 radical (unpaired) electrons. The Balaban J connectivity index is 2.60. The van der Waals surface area contributed by atoms with Gasteiger partial charge >= 0.3 is 0 Å². The second kappa shape index (κ2) is 3.40. The maximum absolute atomic E-state index is 10.0. The summed E-state index contributed by atoms with van der Waals surface area (Å²) >= 11 is 3.42. The maximum atomic E-state index is 10.0. The van der Waals surface area contributed by atoms with E-state index in [-0.39, 0.29) is 11.8 Å². The Morgan fingerprint density at radius 2 is 1.71 bits per heavy atom. The predicted molar refractivity (Wildman–Crippen MR) is 71.5 cm³/mol. The minimum atomic E-state index is 0.0855. The topological polar surface area (TPSA) is 45.4 Å². The van der Waals surface area contributed by atoms with Gasteiger partial charge in [0.1, 0.15) is 0 Å². The van der Waals surface area contributed by atoms with Gasteiger partial charge in [-0.25, -0.2) is 0 Å². The number of fused-ring (bicyclic) bond motifs is 3. The number of aromatic nitrogens is 1. The van der Waals surface area contributed by atoms with Crippen LogP contribution in [0.4, 0.5) is 0 Å². The lowest BCUT2D eigenvalue weighted by Gasteiger charge is -2.01. The van der Waals surface area contributed by atoms with Gasteiger partial charge in [-0.3, -0.25) is 4.57 Å². The Bertz CT molecular complexity index is 746. The van der Waals surface area contributed by atoms with Crippen molar-refractivity contribution < 1.29 is 10.2 Å². The van der Waals surface area contributed by atoms with Crippen molar-refractivity contribution in [2.45, 2.75) is 0 Å². The second-order valence-electron chi connectivity index (χ2n) is 4.06. The fourth-order valence-corrected chi connectivity index (χ4v) is 2.56. The molecule has 0 saturated heterocycles. The molecule has 17 heavy (non-hydrogen) atoms. The molecule has 86 valence electrons. The first-order valence-electron chi connectivity index (χ1n) is 5.18. The lowest BCUT2D eigenvalue weighted by atomic mass is 10.1. The zero-order valence-corrected chi connectivity index (χ0v) is 10.7. The van der Waals surface area contributed by atoms with Crippen molar-refractivity contribution in [3.63, 3.8) is 0 Å². The highest BCUT2D eigenvalue weighted by atomic mass is 79.9. The van der Waals surface area contributed by atoms with Crippen molar-refractivity contribution in [2.75, 3.05) is 0 Å². The lowest BCUT2D eigenvalue weighted by molar-refractivity contribution is 0.391. The van der Waals surface area contributed by atoms with Crippen LogP contribution in [0.2, 0.25) is 0 Å². The zero-order chi connectivity index (χ0) is 12.2. The van der Waals surface area contributed by atoms with Crippen LogP contribution in [-0.4, -0.2) is 14.8 Å². The van der Waals surface area contributed by atoms with Crippen LogP contribution in [0.1, 0.15) is 0 Å². The van der Waals surface area contributed by atoms with Crippen LogP contribution in [-0.2, 0) is 7.05 Å². The molecule has 0 saturated carbocycles. The van der Waals surface area contributed by atoms with Gasteiger partial charge in [-0.1, -0.05) is 28.1 Å². The van der Waals surface area contributed by atoms with Gasteiger partial charge in [0.2, 0.25) is 11.8 Å². The summed E-state index contributed by atoms with van der Waals surface area (Å²) in [6.07, 6.45) is 0. The van der Waals surface area contributed by atoms with Gasteiger partial charge in [0.15, 0.2) is 0 Å². The molecule has 0 atom stereocenters. The predicted octanol–water partition coefficient (Wildman–Crippen LogP) is 3.51. The molecule has 4 heteroatoms. The van der Waals surface area contributed by atoms with Gasteiger partial charge in [0.05, 0.1) is 5.39 Å². The van der Waals surface area contributed by atoms with E-state index >= 15 is 0 Å². The quantitative estimate of drug-likeness (QED) is 0.666. The SMILES string of the molecule is Cn1c(O)c2ccc3cc(Br)ccc3c2c1O. The zero-order valence-electron chi connectivity index (χ0n) is 9.11. The molecule has 2 aromatic carbocycles. The van der Waals surface area contributed by atoms with Gasteiger partial charge in [0.25, 0.3) is 0 Å². The van der Waals surface area contributed by atoms with Crippen molar-refractivity contribution in [1.29, 1.82) is 0 Å². The van der Waals surface area contributed by atoms with Crippen molar-refractivity contribution in [1.82, 2.24) is 4.57 Å². The van der Waals surface area contributed by atoms with E-state index in [1.807, 2.05) is 30.3 Å². The molecular weight excluding hydrogens is 282 g/mol. The van der Waals surface area contributed by atoms with Crippen molar-refractivity contribution >= 4 is 37.5 Å². The van der Waals surface area contributed by atoms with E-state index in [0.717, 1.165) is 15.2 Å². The van der Waals surface area contributed by atoms with E-state index in [1.165, 1.54) is 4.57 Å². The van der Waals surface area contributed by atoms with E-state index in [9.17, 15) is 10.2 Å². The van der Waals surface area contributed by atoms with Crippen molar-refractivity contribution in [2.24, 2.45) is 7.05 Å². The summed E-state index contributed by atoms with van der Waals surface area (Å²) in [6.45, 7) is 0. The van der Waals surface area contributed by atoms with E-state index in [2.05, 4.69) is 15.9 Å². The Hall–Kier alpha value is -1.68. The molecule has 2 N–H and O–H groups in total. The third kappa shape index (κ3) is 1.34. The first-order valence-corrected chi connectivity index (χ1v) is 5.97. The highest BCUT2D eigenvalue weighted by Crippen LogP contribution is 2.40. The maximum Gasteiger partial charge on any atom is 0.202 e. The van der Waals surface area contributed by atoms with Crippen LogP contribution >= 0.6 is 15.9 Å². The first-order chi connectivity index (χ1) is 8.09. The third-order valence-corrected chi connectivity index (χ3v) is 3.58. The molecule has 1 heterocycles. The molecule has 0 amide bonds. The molecular formula is C13H10BrNO2. The normalized spacial score (nSPS) is 11.4. The number of benzene rings is 2. The van der Waals surface area contributed by atoms with Crippen LogP contribution in [0.15, 0.2) is 34.8 Å². The molecule has 0 aliphatic rings. The first kappa shape index (κ1) is 10.5. The standard InChI is InChI=1S/C13H10BrNO2/c1-15-12(16)10-4-2-7-6-8(14)3-5-9(7)11(10)13(15)17/h2-6,16-17H,1H3. The van der Waals surface area contributed by atoms with Crippen molar-refractivity contribution in [3.8, 4) is 11.8 Å². The van der Waals surface area contributed by atoms with Gasteiger partial charge in [-0.2, -0.15) is 0 Å². The minimum Gasteiger partial charge on any atom is -0.494 e. The summed E-state index contributed by atoms with van der Waals surface area (Å²) < 4.78 is 2.37. The molecule has 0 bridgehead atoms. The summed E-state index contributed by atoms with van der Waals surface area (Å²) in [4.78, 5) is 0. The molecule has 0 aliphatic carbocycles. The largest absolute Gasteiger partial charge is 0.494 e. The number of hydrogen-bond donors (Lipinski definition) is 2. The van der Waals surface area contributed by atoms with E-state index in [1.54, 1.807) is 7.05 Å². The summed E-state index contributed by atoms with van der Waals surface area (Å²) in [6, 6.07) is 9.59. The van der Waals surface area contributed by atoms with E-state index in [4.69, 9.17) is 0 Å². The Morgan fingerprint density at radius 1 is 1.00 bits per heavy atom. The molecule has 0 fully saturated rings. The van der Waals surface area contributed by atoms with Gasteiger partial charge in [0, 0.05) is 16.9 Å². The van der Waals surface area contributed by atoms with Crippen LogP contribution in [0, 0.1) is 0 Å². The molecule has 0 unspecified atom stereocenters. The average molecular weight is 292 g/mol. The molecule has 3 rings (SSSR count). The second-order valence-corrected chi connectivity index (χ2v) is 4.98. The Kier molecular flexibility index (Phi) is 2.10. The number of hydrogen-bond acceptors (Lipinski definition) is 2. The Morgan fingerprint density at radius 3 is 2.47 bits per heavy atom. The number of halogens is 1. The summed E-state index contributed by atoms with van der Waals surface area (Å²) in [5, 5.41) is 23.2. The number of aromatic hydroxyl groups is 2. The lowest BCUT2D eigenvalue weighted by Crippen LogP contribution is -1.83. The molecule has 1 aromatic heterocycles. The fraction of sp³-hybridized carbons (Fsp3) is 0.0769. The third-order valence-electron chi connectivity index (χ3n) is 3.08. The smallest absolute Gasteiger partial charge is 0.202 e. The summed E-state index contributed by atoms with van der Waals surface area (Å²) in [5.41, 5.74) is 0. The fourth-order valence-electron chi connectivity index (χ4n) is 2.18. The monoisotopic (exact) mass is 291 g/mol. The van der Waals surface area contributed by atoms with Gasteiger partial charge < -0.3 is 10.2 Å². The van der Waals surface area contributed by atoms with Gasteiger partial charge in [-0.15, -0.1) is 0 Å². The minimum absolute atomic E-state index is 0.0855. The highest BCUT2D eigenvalue weighted by molar-refractivity contribution is 9.10. The Labute approximate surface area is 106 Å². The summed E-state index contributed by atoms with van der Waals surface area (Å²) in [7, 11) is 1.63. The van der Waals surface area contributed by atoms with Gasteiger partial charge in [-0.05, 0) is 29.0 Å². The molecule has 0 spiro atoms. The van der Waals surface area contributed by atoms with E-state index < -0.39 is 0 Å². The molecule has 3 aromatic rings. The van der Waals surface area contributed by atoms with E-state index in [0.29, 0.717) is 10.8 Å². The number of rotatable bonds is 0. The van der Waals surface area contributed by atoms with Crippen LogP contribution < -0.4 is 0 Å². The average Bonchev–Trinajstić information content (AvgIpc) is 2.54. The van der Waals surface area contributed by atoms with Crippen molar-refractivity contribution in [3.05, 3.63) is 34.8 Å². The highest BCUT2D eigenvalue weighted by Gasteiger charge is 2.15. The molecule has 3 nitrogen and oxygen atoms in total. The van der Waals surface area contributed by atoms with Crippen LogP contribution in [0.5, 0.6) is 11.8 Å².